The quantitative estimate of drug-likeness (QED) is 0.476. The topological polar surface area (TPSA) is 64.5 Å². The molecule has 0 bridgehead atoms. The number of aromatic nitrogens is 2. The van der Waals surface area contributed by atoms with Gasteiger partial charge in [-0.15, -0.1) is 0 Å². The van der Waals surface area contributed by atoms with Gasteiger partial charge in [0.15, 0.2) is 0 Å². The Morgan fingerprint density at radius 1 is 1.26 bits per heavy atom. The number of carbonyl (C=O) groups is 1. The van der Waals surface area contributed by atoms with Gasteiger partial charge >= 0.3 is 5.97 Å². The van der Waals surface area contributed by atoms with E-state index in [-0.39, 0.29) is 11.0 Å². The molecule has 1 aromatic carbocycles. The van der Waals surface area contributed by atoms with E-state index < -0.39 is 5.97 Å². The van der Waals surface area contributed by atoms with E-state index in [0.717, 1.165) is 0 Å². The zero-order chi connectivity index (χ0) is 16.8. The molecule has 23 heavy (non-hydrogen) atoms. The van der Waals surface area contributed by atoms with Crippen molar-refractivity contribution in [2.75, 3.05) is 21.2 Å². The van der Waals surface area contributed by atoms with E-state index in [0.29, 0.717) is 16.9 Å². The monoisotopic (exact) mass is 333 g/mol. The van der Waals surface area contributed by atoms with Gasteiger partial charge in [0.05, 0.1) is 12.7 Å². The lowest BCUT2D eigenvalue weighted by atomic mass is 10.1. The fraction of sp³-hybridized carbons (Fsp3) is 0.188. The second-order valence-electron chi connectivity index (χ2n) is 4.78. The van der Waals surface area contributed by atoms with Crippen molar-refractivity contribution in [2.24, 2.45) is 0 Å². The highest BCUT2D eigenvalue weighted by atomic mass is 35.5. The smallest absolute Gasteiger partial charge is 0.340 e. The van der Waals surface area contributed by atoms with E-state index in [4.69, 9.17) is 21.1 Å². The van der Waals surface area contributed by atoms with Crippen LogP contribution >= 0.6 is 11.6 Å². The highest BCUT2D eigenvalue weighted by Gasteiger charge is 2.18. The van der Waals surface area contributed by atoms with E-state index in [2.05, 4.69) is 9.97 Å². The van der Waals surface area contributed by atoms with Gasteiger partial charge in [0, 0.05) is 31.9 Å². The highest BCUT2D eigenvalue weighted by Crippen LogP contribution is 2.30. The lowest BCUT2D eigenvalue weighted by Crippen LogP contribution is -2.10. The van der Waals surface area contributed by atoms with Crippen molar-refractivity contribution in [3.05, 3.63) is 53.6 Å². The van der Waals surface area contributed by atoms with Crippen molar-refractivity contribution in [2.45, 2.75) is 0 Å². The molecule has 0 saturated heterocycles. The lowest BCUT2D eigenvalue weighted by Gasteiger charge is -2.14. The molecular formula is C16H16ClN3O3. The van der Waals surface area contributed by atoms with Gasteiger partial charge in [0.25, 0.3) is 0 Å². The maximum absolute atomic E-state index is 12.1. The first-order valence-corrected chi connectivity index (χ1v) is 7.10. The predicted molar refractivity (Wildman–Crippen MR) is 87.2 cm³/mol. The minimum Gasteiger partial charge on any atom is -0.465 e. The van der Waals surface area contributed by atoms with Crippen molar-refractivity contribution in [3.8, 4) is 11.6 Å². The van der Waals surface area contributed by atoms with Crippen LogP contribution in [0.3, 0.4) is 0 Å². The molecule has 0 amide bonds. The van der Waals surface area contributed by atoms with Crippen LogP contribution in [0.2, 0.25) is 5.15 Å². The first kappa shape index (κ1) is 16.8. The predicted octanol–water partition coefficient (Wildman–Crippen LogP) is 3.00. The maximum Gasteiger partial charge on any atom is 0.340 e. The fourth-order valence-corrected chi connectivity index (χ4v) is 2.00. The Kier molecular flexibility index (Phi) is 5.54. The van der Waals surface area contributed by atoms with Gasteiger partial charge in [0.1, 0.15) is 17.2 Å². The summed E-state index contributed by atoms with van der Waals surface area (Å²) in [6.07, 6.45) is 2.97. The van der Waals surface area contributed by atoms with Gasteiger partial charge in [-0.2, -0.15) is 0 Å². The minimum atomic E-state index is -0.463. The average molecular weight is 334 g/mol. The number of carbonyl (C=O) groups excluding carboxylic acids is 1. The summed E-state index contributed by atoms with van der Waals surface area (Å²) in [5, 5.41) is 0.268. The van der Waals surface area contributed by atoms with Crippen LogP contribution in [0.5, 0.6) is 11.6 Å². The van der Waals surface area contributed by atoms with Crippen LogP contribution < -0.4 is 4.74 Å². The van der Waals surface area contributed by atoms with Gasteiger partial charge in [-0.1, -0.05) is 29.8 Å². The summed E-state index contributed by atoms with van der Waals surface area (Å²) in [4.78, 5) is 21.6. The summed E-state index contributed by atoms with van der Waals surface area (Å²) >= 11 is 5.83. The Bertz CT molecular complexity index is 732. The first-order valence-electron chi connectivity index (χ1n) is 6.72. The van der Waals surface area contributed by atoms with Crippen LogP contribution in [-0.4, -0.2) is 42.0 Å². The van der Waals surface area contributed by atoms with E-state index in [1.165, 1.54) is 19.5 Å². The number of halogens is 1. The van der Waals surface area contributed by atoms with Crippen molar-refractivity contribution in [3.63, 3.8) is 0 Å². The van der Waals surface area contributed by atoms with Gasteiger partial charge < -0.3 is 14.4 Å². The first-order chi connectivity index (χ1) is 11.0. The minimum absolute atomic E-state index is 0.268. The number of ether oxygens (including phenoxy) is 2. The Balaban J connectivity index is 2.45. The molecule has 0 fully saturated rings. The second kappa shape index (κ2) is 7.60. The largest absolute Gasteiger partial charge is 0.465 e. The van der Waals surface area contributed by atoms with Crippen LogP contribution in [0, 0.1) is 0 Å². The summed E-state index contributed by atoms with van der Waals surface area (Å²) in [5.74, 6) is 0.280. The molecule has 0 N–H and O–H groups in total. The molecule has 2 aromatic rings. The molecule has 0 aliphatic carbocycles. The van der Waals surface area contributed by atoms with Gasteiger partial charge in [-0.25, -0.2) is 14.8 Å². The van der Waals surface area contributed by atoms with Gasteiger partial charge in [0.2, 0.25) is 5.88 Å². The third kappa shape index (κ3) is 4.43. The van der Waals surface area contributed by atoms with Crippen molar-refractivity contribution in [1.82, 2.24) is 14.9 Å². The number of nitrogens with zero attached hydrogens (tertiary/aromatic N) is 3. The van der Waals surface area contributed by atoms with E-state index in [1.807, 2.05) is 20.2 Å². The third-order valence-electron chi connectivity index (χ3n) is 2.79. The molecule has 6 nitrogen and oxygen atoms in total. The molecule has 0 spiro atoms. The molecule has 120 valence electrons. The molecule has 0 aliphatic rings. The average Bonchev–Trinajstić information content (AvgIpc) is 2.52. The normalized spacial score (nSPS) is 11.0. The molecule has 1 heterocycles. The SMILES string of the molecule is COC(=O)C(=CN(C)C)c1ccccc1Oc1cc(Cl)ncn1. The summed E-state index contributed by atoms with van der Waals surface area (Å²) in [7, 11) is 4.96. The highest BCUT2D eigenvalue weighted by molar-refractivity contribution is 6.29. The molecule has 1 aromatic heterocycles. The Morgan fingerprint density at radius 2 is 2.00 bits per heavy atom. The summed E-state index contributed by atoms with van der Waals surface area (Å²) in [6, 6.07) is 8.60. The molecule has 0 atom stereocenters. The second-order valence-corrected chi connectivity index (χ2v) is 5.16. The third-order valence-corrected chi connectivity index (χ3v) is 3.00. The molecule has 0 saturated carbocycles. The van der Waals surface area contributed by atoms with Gasteiger partial charge in [-0.3, -0.25) is 0 Å². The van der Waals surface area contributed by atoms with E-state index in [1.54, 1.807) is 29.3 Å². The number of methoxy groups -OCH3 is 1. The van der Waals surface area contributed by atoms with Crippen LogP contribution in [0.1, 0.15) is 5.56 Å². The number of hydrogen-bond donors (Lipinski definition) is 0. The van der Waals surface area contributed by atoms with Crippen molar-refractivity contribution < 1.29 is 14.3 Å². The molecule has 2 rings (SSSR count). The lowest BCUT2D eigenvalue weighted by molar-refractivity contribution is -0.133. The zero-order valence-electron chi connectivity index (χ0n) is 13.0. The van der Waals surface area contributed by atoms with E-state index >= 15 is 0 Å². The summed E-state index contributed by atoms with van der Waals surface area (Å²) < 4.78 is 10.6. The number of esters is 1. The number of hydrogen-bond acceptors (Lipinski definition) is 6. The Morgan fingerprint density at radius 3 is 2.65 bits per heavy atom. The molecule has 0 aliphatic heterocycles. The number of benzene rings is 1. The van der Waals surface area contributed by atoms with Crippen molar-refractivity contribution >= 4 is 23.1 Å². The summed E-state index contributed by atoms with van der Waals surface area (Å²) in [6.45, 7) is 0. The Labute approximate surface area is 139 Å². The number of rotatable bonds is 5. The molecule has 0 unspecified atom stereocenters. The van der Waals surface area contributed by atoms with Crippen LogP contribution in [-0.2, 0) is 9.53 Å². The van der Waals surface area contributed by atoms with Crippen LogP contribution in [0.25, 0.3) is 5.57 Å². The standard InChI is InChI=1S/C16H16ClN3O3/c1-20(2)9-12(16(21)22-3)11-6-4-5-7-13(11)23-15-8-14(17)18-10-19-15/h4-10H,1-3H3. The zero-order valence-corrected chi connectivity index (χ0v) is 13.7. The molecule has 0 radical (unpaired) electrons. The van der Waals surface area contributed by atoms with Crippen LogP contribution in [0.4, 0.5) is 0 Å². The molecule has 7 heteroatoms. The van der Waals surface area contributed by atoms with Gasteiger partial charge in [-0.05, 0) is 6.07 Å². The fourth-order valence-electron chi connectivity index (χ4n) is 1.86. The Hall–Kier alpha value is -2.60. The van der Waals surface area contributed by atoms with Crippen molar-refractivity contribution in [1.29, 1.82) is 0 Å². The van der Waals surface area contributed by atoms with E-state index in [9.17, 15) is 4.79 Å². The summed E-state index contributed by atoms with van der Waals surface area (Å²) in [5.41, 5.74) is 0.955. The van der Waals surface area contributed by atoms with Crippen LogP contribution in [0.15, 0.2) is 42.9 Å². The maximum atomic E-state index is 12.1. The molecular weight excluding hydrogens is 318 g/mol. The number of para-hydroxylation sites is 1.